The van der Waals surface area contributed by atoms with Gasteiger partial charge >= 0.3 is 5.97 Å². The predicted molar refractivity (Wildman–Crippen MR) is 151 cm³/mol. The van der Waals surface area contributed by atoms with Crippen molar-refractivity contribution in [1.29, 1.82) is 0 Å². The van der Waals surface area contributed by atoms with Crippen LogP contribution in [0.15, 0.2) is 0 Å². The molecule has 1 fully saturated rings. The zero-order valence-electron chi connectivity index (χ0n) is 25.0. The lowest BCUT2D eigenvalue weighted by Crippen LogP contribution is -2.59. The van der Waals surface area contributed by atoms with Gasteiger partial charge in [-0.15, -0.1) is 0 Å². The van der Waals surface area contributed by atoms with Crippen LogP contribution in [0.3, 0.4) is 0 Å². The zero-order valence-corrected chi connectivity index (χ0v) is 25.0. The quantitative estimate of drug-likeness (QED) is 0.0615. The summed E-state index contributed by atoms with van der Waals surface area (Å²) in [7, 11) is 0. The maximum absolute atomic E-state index is 12.5. The summed E-state index contributed by atoms with van der Waals surface area (Å²) in [5.41, 5.74) is 0. The first-order chi connectivity index (χ1) is 19.3. The van der Waals surface area contributed by atoms with Crippen LogP contribution in [0.2, 0.25) is 0 Å². The van der Waals surface area contributed by atoms with E-state index in [0.29, 0.717) is 12.8 Å². The molecular weight excluding hydrogens is 520 g/mol. The van der Waals surface area contributed by atoms with Crippen molar-refractivity contribution in [3.05, 3.63) is 0 Å². The molecule has 1 heterocycles. The van der Waals surface area contributed by atoms with Crippen molar-refractivity contribution in [1.82, 2.24) is 0 Å². The molecule has 0 aromatic heterocycles. The predicted octanol–water partition coefficient (Wildman–Crippen LogP) is 3.72. The van der Waals surface area contributed by atoms with E-state index < -0.39 is 55.7 Å². The SMILES string of the molecule is CCCCCCCCCCC[C@@H](O)OC[C@H](CO[C@@H]1O[C@H](CO)[C@H](O)[C@H](O)[C@H]1O)OC(=O)CCCCCCCC. The molecule has 1 aliphatic rings. The van der Waals surface area contributed by atoms with Gasteiger partial charge < -0.3 is 44.5 Å². The van der Waals surface area contributed by atoms with Crippen LogP contribution in [0.4, 0.5) is 0 Å². The van der Waals surface area contributed by atoms with Crippen LogP contribution < -0.4 is 0 Å². The lowest BCUT2D eigenvalue weighted by molar-refractivity contribution is -0.306. The molecule has 40 heavy (non-hydrogen) atoms. The van der Waals surface area contributed by atoms with Gasteiger partial charge in [-0.25, -0.2) is 0 Å². The van der Waals surface area contributed by atoms with Gasteiger partial charge in [0, 0.05) is 6.42 Å². The number of carbonyl (C=O) groups excluding carboxylic acids is 1. The topological polar surface area (TPSA) is 155 Å². The molecule has 10 heteroatoms. The van der Waals surface area contributed by atoms with Gasteiger partial charge in [-0.1, -0.05) is 97.3 Å². The van der Waals surface area contributed by atoms with Crippen molar-refractivity contribution in [2.24, 2.45) is 0 Å². The number of unbranched alkanes of at least 4 members (excludes halogenated alkanes) is 13. The average molecular weight is 579 g/mol. The number of aliphatic hydroxyl groups is 5. The first kappa shape index (κ1) is 37.2. The molecule has 0 bridgehead atoms. The van der Waals surface area contributed by atoms with Crippen LogP contribution >= 0.6 is 0 Å². The van der Waals surface area contributed by atoms with Gasteiger partial charge in [0.2, 0.25) is 0 Å². The minimum Gasteiger partial charge on any atom is -0.457 e. The molecule has 0 aromatic carbocycles. The Bertz CT molecular complexity index is 605. The molecule has 1 aliphatic heterocycles. The highest BCUT2D eigenvalue weighted by Gasteiger charge is 2.44. The van der Waals surface area contributed by atoms with Gasteiger partial charge in [-0.2, -0.15) is 0 Å². The number of hydrogen-bond acceptors (Lipinski definition) is 10. The molecule has 0 aromatic rings. The maximum Gasteiger partial charge on any atom is 0.306 e. The molecular formula is C30H58O10. The van der Waals surface area contributed by atoms with Crippen molar-refractivity contribution in [3.8, 4) is 0 Å². The first-order valence-corrected chi connectivity index (χ1v) is 15.7. The summed E-state index contributed by atoms with van der Waals surface area (Å²) >= 11 is 0. The monoisotopic (exact) mass is 578 g/mol. The number of aliphatic hydroxyl groups excluding tert-OH is 5. The van der Waals surface area contributed by atoms with E-state index in [1.165, 1.54) is 44.9 Å². The van der Waals surface area contributed by atoms with Crippen LogP contribution in [-0.4, -0.2) is 94.4 Å². The normalized spacial score (nSPS) is 24.6. The summed E-state index contributed by atoms with van der Waals surface area (Å²) in [5, 5.41) is 49.9. The fourth-order valence-corrected chi connectivity index (χ4v) is 4.75. The second-order valence-corrected chi connectivity index (χ2v) is 11.1. The Hall–Kier alpha value is -0.850. The number of hydrogen-bond donors (Lipinski definition) is 5. The lowest BCUT2D eigenvalue weighted by Gasteiger charge is -2.39. The molecule has 0 aliphatic carbocycles. The molecule has 10 nitrogen and oxygen atoms in total. The fraction of sp³-hybridized carbons (Fsp3) is 0.967. The van der Waals surface area contributed by atoms with Crippen LogP contribution in [0.1, 0.15) is 123 Å². The van der Waals surface area contributed by atoms with Crippen molar-refractivity contribution >= 4 is 5.97 Å². The van der Waals surface area contributed by atoms with Gasteiger partial charge in [0.15, 0.2) is 12.6 Å². The van der Waals surface area contributed by atoms with Gasteiger partial charge in [-0.05, 0) is 19.3 Å². The third kappa shape index (κ3) is 16.6. The summed E-state index contributed by atoms with van der Waals surface area (Å²) in [5.74, 6) is -0.407. The molecule has 1 rings (SSSR count). The molecule has 0 radical (unpaired) electrons. The van der Waals surface area contributed by atoms with Crippen LogP contribution in [0.5, 0.6) is 0 Å². The second-order valence-electron chi connectivity index (χ2n) is 11.1. The van der Waals surface area contributed by atoms with E-state index in [0.717, 1.165) is 44.9 Å². The van der Waals surface area contributed by atoms with E-state index in [1.807, 2.05) is 0 Å². The third-order valence-electron chi connectivity index (χ3n) is 7.36. The Morgan fingerprint density at radius 1 is 0.750 bits per heavy atom. The molecule has 0 saturated carbocycles. The Labute approximate surface area is 241 Å². The minimum absolute atomic E-state index is 0.113. The van der Waals surface area contributed by atoms with Gasteiger partial charge in [0.1, 0.15) is 30.5 Å². The Balaban J connectivity index is 2.48. The summed E-state index contributed by atoms with van der Waals surface area (Å²) in [4.78, 5) is 12.5. The number of carbonyl (C=O) groups is 1. The molecule has 1 saturated heterocycles. The number of rotatable bonds is 25. The Morgan fingerprint density at radius 2 is 1.30 bits per heavy atom. The smallest absolute Gasteiger partial charge is 0.306 e. The molecule has 7 atom stereocenters. The Morgan fingerprint density at radius 3 is 1.88 bits per heavy atom. The highest BCUT2D eigenvalue weighted by atomic mass is 16.7. The van der Waals surface area contributed by atoms with E-state index in [-0.39, 0.29) is 19.6 Å². The molecule has 238 valence electrons. The minimum atomic E-state index is -1.57. The van der Waals surface area contributed by atoms with Crippen molar-refractivity contribution < 1.29 is 49.3 Å². The first-order valence-electron chi connectivity index (χ1n) is 15.7. The summed E-state index contributed by atoms with van der Waals surface area (Å²) in [6, 6.07) is 0. The van der Waals surface area contributed by atoms with E-state index in [1.54, 1.807) is 0 Å². The molecule has 0 amide bonds. The van der Waals surface area contributed by atoms with E-state index >= 15 is 0 Å². The zero-order chi connectivity index (χ0) is 29.6. The van der Waals surface area contributed by atoms with Crippen LogP contribution in [0.25, 0.3) is 0 Å². The van der Waals surface area contributed by atoms with E-state index in [4.69, 9.17) is 18.9 Å². The molecule has 5 N–H and O–H groups in total. The van der Waals surface area contributed by atoms with E-state index in [2.05, 4.69) is 13.8 Å². The maximum atomic E-state index is 12.5. The van der Waals surface area contributed by atoms with Crippen molar-refractivity contribution in [2.75, 3.05) is 19.8 Å². The number of ether oxygens (including phenoxy) is 4. The Kier molecular flexibility index (Phi) is 22.0. The third-order valence-corrected chi connectivity index (χ3v) is 7.36. The average Bonchev–Trinajstić information content (AvgIpc) is 2.95. The van der Waals surface area contributed by atoms with Gasteiger partial charge in [-0.3, -0.25) is 4.79 Å². The van der Waals surface area contributed by atoms with Crippen LogP contribution in [0, 0.1) is 0 Å². The van der Waals surface area contributed by atoms with E-state index in [9.17, 15) is 30.3 Å². The standard InChI is InChI=1S/C30H58O10/c1-3-5-7-9-11-12-13-15-16-18-25(32)37-21-23(39-26(33)19-17-14-10-8-6-4-2)22-38-30-29(36)28(35)27(34)24(20-31)40-30/h23-25,27-32,34-36H,3-22H2,1-2H3/t23-,24-,25+,27+,28+,29-,30-/m1/s1. The summed E-state index contributed by atoms with van der Waals surface area (Å²) in [6.07, 6.45) is 8.53. The largest absolute Gasteiger partial charge is 0.457 e. The molecule has 0 unspecified atom stereocenters. The summed E-state index contributed by atoms with van der Waals surface area (Å²) < 4.78 is 22.1. The molecule has 0 spiro atoms. The van der Waals surface area contributed by atoms with Crippen molar-refractivity contribution in [3.63, 3.8) is 0 Å². The number of esters is 1. The highest BCUT2D eigenvalue weighted by Crippen LogP contribution is 2.22. The van der Waals surface area contributed by atoms with Crippen molar-refractivity contribution in [2.45, 2.75) is 166 Å². The highest BCUT2D eigenvalue weighted by molar-refractivity contribution is 5.69. The summed E-state index contributed by atoms with van der Waals surface area (Å²) in [6.45, 7) is 3.45. The van der Waals surface area contributed by atoms with Gasteiger partial charge in [0.25, 0.3) is 0 Å². The lowest BCUT2D eigenvalue weighted by atomic mass is 9.99. The fourth-order valence-electron chi connectivity index (χ4n) is 4.75. The van der Waals surface area contributed by atoms with Gasteiger partial charge in [0.05, 0.1) is 19.8 Å². The van der Waals surface area contributed by atoms with Crippen LogP contribution in [-0.2, 0) is 23.7 Å². The second kappa shape index (κ2) is 23.7.